The molecule has 38 heavy (non-hydrogen) atoms. The van der Waals surface area contributed by atoms with Gasteiger partial charge in [-0.25, -0.2) is 18.4 Å². The number of hydrogen-bond acceptors (Lipinski definition) is 6. The zero-order valence-corrected chi connectivity index (χ0v) is 21.5. The molecular weight excluding hydrogens is 500 g/mol. The van der Waals surface area contributed by atoms with Gasteiger partial charge in [0, 0.05) is 18.4 Å². The van der Waals surface area contributed by atoms with E-state index in [0.29, 0.717) is 24.6 Å². The van der Waals surface area contributed by atoms with E-state index in [-0.39, 0.29) is 52.4 Å². The van der Waals surface area contributed by atoms with Crippen molar-refractivity contribution in [2.45, 2.75) is 40.3 Å². The summed E-state index contributed by atoms with van der Waals surface area (Å²) in [5, 5.41) is 23.7. The topological polar surface area (TPSA) is 115 Å². The fourth-order valence-corrected chi connectivity index (χ4v) is 5.76. The molecule has 4 heterocycles. The molecule has 12 heteroatoms. The van der Waals surface area contributed by atoms with Gasteiger partial charge in [-0.2, -0.15) is 4.59 Å². The van der Waals surface area contributed by atoms with Crippen molar-refractivity contribution < 1.29 is 33.2 Å². The fraction of sp³-hybridized carbons (Fsp3) is 0.385. The van der Waals surface area contributed by atoms with Crippen molar-refractivity contribution in [2.24, 2.45) is 5.10 Å². The molecule has 0 bridgehead atoms. The summed E-state index contributed by atoms with van der Waals surface area (Å²) in [5.41, 5.74) is -0.288. The van der Waals surface area contributed by atoms with Gasteiger partial charge in [0.05, 0.1) is 24.0 Å². The Kier molecular flexibility index (Phi) is 5.90. The molecule has 1 fully saturated rings. The third-order valence-electron chi connectivity index (χ3n) is 7.80. The molecule has 2 aromatic rings. The molecule has 1 saturated heterocycles. The van der Waals surface area contributed by atoms with Crippen LogP contribution in [0.4, 0.5) is 14.5 Å². The molecule has 2 N–H and O–H groups in total. The number of carboxylic acid groups (broad SMARTS) is 2. The normalized spacial score (nSPS) is 23.2. The summed E-state index contributed by atoms with van der Waals surface area (Å²) in [7, 11) is 0. The number of hydrogen-bond donors (Lipinski definition) is 2. The van der Waals surface area contributed by atoms with Gasteiger partial charge < -0.3 is 19.7 Å². The highest BCUT2D eigenvalue weighted by atomic mass is 19.1. The summed E-state index contributed by atoms with van der Waals surface area (Å²) in [5.74, 6) is -4.01. The first kappa shape index (κ1) is 25.6. The largest absolute Gasteiger partial charge is 0.478 e. The molecule has 2 atom stereocenters. The van der Waals surface area contributed by atoms with E-state index in [2.05, 4.69) is 0 Å². The van der Waals surface area contributed by atoms with Crippen LogP contribution in [0, 0.1) is 11.6 Å². The number of anilines is 1. The second-order valence-corrected chi connectivity index (χ2v) is 10.0. The summed E-state index contributed by atoms with van der Waals surface area (Å²) in [6, 6.07) is 0.664. The van der Waals surface area contributed by atoms with Crippen molar-refractivity contribution in [2.75, 3.05) is 31.2 Å². The Hall–Kier alpha value is -4.06. The van der Waals surface area contributed by atoms with Crippen LogP contribution in [0.15, 0.2) is 45.1 Å². The number of piperazine rings is 1. The summed E-state index contributed by atoms with van der Waals surface area (Å²) in [4.78, 5) is 39.6. The smallest absolute Gasteiger partial charge is 0.341 e. The zero-order chi connectivity index (χ0) is 27.7. The number of benzene rings is 1. The summed E-state index contributed by atoms with van der Waals surface area (Å²) < 4.78 is 32.8. The van der Waals surface area contributed by atoms with Gasteiger partial charge in [0.2, 0.25) is 11.3 Å². The first-order valence-corrected chi connectivity index (χ1v) is 12.3. The highest BCUT2D eigenvalue weighted by Crippen LogP contribution is 2.37. The molecule has 1 aromatic heterocycles. The highest BCUT2D eigenvalue weighted by Gasteiger charge is 2.50. The molecule has 2 unspecified atom stereocenters. The third kappa shape index (κ3) is 3.62. The maximum absolute atomic E-state index is 15.9. The van der Waals surface area contributed by atoms with Crippen molar-refractivity contribution in [3.63, 3.8) is 0 Å². The van der Waals surface area contributed by atoms with Gasteiger partial charge in [-0.3, -0.25) is 9.69 Å². The number of aromatic carboxylic acids is 1. The second-order valence-electron chi connectivity index (χ2n) is 10.0. The number of allylic oxidation sites excluding steroid dienone is 3. The first-order chi connectivity index (χ1) is 17.9. The number of carbonyl (C=O) groups is 2. The van der Waals surface area contributed by atoms with Crippen LogP contribution >= 0.6 is 0 Å². The molecule has 10 nitrogen and oxygen atoms in total. The second kappa shape index (κ2) is 8.76. The molecular formula is C26H28F2N5O5+. The number of rotatable bonds is 4. The van der Waals surface area contributed by atoms with E-state index in [1.165, 1.54) is 4.57 Å². The fourth-order valence-electron chi connectivity index (χ4n) is 5.76. The summed E-state index contributed by atoms with van der Waals surface area (Å²) in [6.45, 7) is 8.61. The van der Waals surface area contributed by atoms with E-state index in [1.54, 1.807) is 18.7 Å². The Labute approximate surface area is 216 Å². The van der Waals surface area contributed by atoms with Crippen molar-refractivity contribution in [1.29, 1.82) is 0 Å². The summed E-state index contributed by atoms with van der Waals surface area (Å²) in [6.07, 6.45) is 2.90. The van der Waals surface area contributed by atoms with Gasteiger partial charge in [-0.1, -0.05) is 5.10 Å². The van der Waals surface area contributed by atoms with Crippen LogP contribution in [0.3, 0.4) is 0 Å². The predicted octanol–water partition coefficient (Wildman–Crippen LogP) is 2.93. The van der Waals surface area contributed by atoms with Crippen molar-refractivity contribution in [3.8, 4) is 0 Å². The van der Waals surface area contributed by atoms with E-state index in [1.807, 2.05) is 24.8 Å². The SMILES string of the molecule is CCn1cc(C(=O)O)c(=O)c2cc(F)c(N3CC[N+]4(CN5C(C)=CC(C)=C(C(=O)O)C5=N4)C(C)C3)c(F)c21. The number of quaternary nitrogens is 1. The molecule has 0 radical (unpaired) electrons. The highest BCUT2D eigenvalue weighted by molar-refractivity contribution is 6.20. The minimum atomic E-state index is -1.47. The Bertz CT molecular complexity index is 1580. The van der Waals surface area contributed by atoms with Crippen LogP contribution in [0.2, 0.25) is 0 Å². The maximum Gasteiger partial charge on any atom is 0.341 e. The third-order valence-corrected chi connectivity index (χ3v) is 7.80. The minimum absolute atomic E-state index is 0.144. The monoisotopic (exact) mass is 528 g/mol. The van der Waals surface area contributed by atoms with Crippen LogP contribution in [0.1, 0.15) is 38.1 Å². The molecule has 5 rings (SSSR count). The first-order valence-electron chi connectivity index (χ1n) is 12.3. The van der Waals surface area contributed by atoms with Gasteiger partial charge in [0.15, 0.2) is 12.5 Å². The van der Waals surface area contributed by atoms with Crippen LogP contribution < -0.4 is 10.3 Å². The van der Waals surface area contributed by atoms with Crippen molar-refractivity contribution >= 4 is 34.4 Å². The molecule has 200 valence electrons. The number of fused-ring (bicyclic) bond motifs is 2. The Morgan fingerprint density at radius 1 is 1.21 bits per heavy atom. The van der Waals surface area contributed by atoms with Crippen LogP contribution in [-0.2, 0) is 11.3 Å². The quantitative estimate of drug-likeness (QED) is 0.587. The van der Waals surface area contributed by atoms with Gasteiger partial charge in [-0.15, -0.1) is 0 Å². The number of aryl methyl sites for hydroxylation is 1. The number of pyridine rings is 1. The summed E-state index contributed by atoms with van der Waals surface area (Å²) >= 11 is 0. The molecule has 0 saturated carbocycles. The Morgan fingerprint density at radius 2 is 1.92 bits per heavy atom. The molecule has 1 aromatic carbocycles. The number of amidine groups is 1. The van der Waals surface area contributed by atoms with Gasteiger partial charge in [0.25, 0.3) is 0 Å². The van der Waals surface area contributed by atoms with Gasteiger partial charge >= 0.3 is 11.9 Å². The Balaban J connectivity index is 1.54. The predicted molar refractivity (Wildman–Crippen MR) is 136 cm³/mol. The lowest BCUT2D eigenvalue weighted by Crippen LogP contribution is -2.62. The number of aromatic nitrogens is 1. The van der Waals surface area contributed by atoms with Crippen LogP contribution in [-0.4, -0.2) is 74.4 Å². The van der Waals surface area contributed by atoms with E-state index in [4.69, 9.17) is 5.10 Å². The lowest BCUT2D eigenvalue weighted by atomic mass is 10.0. The standard InChI is InChI=1S/C26H27F2N5O5/c1-5-30-11-17(25(35)36)23(34)16-9-18(27)22(20(28)21(16)30)31-6-7-33(15(4)10-31)12-32-14(3)8-13(2)19(26(37)38)24(32)29-33/h8-9,11,15H,5-7,10,12H2,1-4H3,(H-,35,36,37,38)/p+1. The minimum Gasteiger partial charge on any atom is -0.478 e. The molecule has 3 aliphatic heterocycles. The van der Waals surface area contributed by atoms with E-state index >= 15 is 8.78 Å². The van der Waals surface area contributed by atoms with Crippen molar-refractivity contribution in [3.05, 3.63) is 62.6 Å². The number of halogens is 2. The number of aliphatic carboxylic acids is 1. The zero-order valence-electron chi connectivity index (χ0n) is 21.5. The van der Waals surface area contributed by atoms with Gasteiger partial charge in [-0.05, 0) is 45.4 Å². The van der Waals surface area contributed by atoms with Gasteiger partial charge in [0.1, 0.15) is 35.2 Å². The molecule has 3 aliphatic rings. The van der Waals surface area contributed by atoms with E-state index in [0.717, 1.165) is 18.0 Å². The maximum atomic E-state index is 15.9. The van der Waals surface area contributed by atoms with Crippen LogP contribution in [0.5, 0.6) is 0 Å². The number of carboxylic acids is 2. The lowest BCUT2D eigenvalue weighted by Gasteiger charge is -2.43. The van der Waals surface area contributed by atoms with E-state index in [9.17, 15) is 24.6 Å². The average Bonchev–Trinajstić information content (AvgIpc) is 3.22. The lowest BCUT2D eigenvalue weighted by molar-refractivity contribution is -0.956. The molecule has 0 amide bonds. The number of nitrogens with zero attached hydrogens (tertiary/aromatic N) is 5. The Morgan fingerprint density at radius 3 is 2.53 bits per heavy atom. The molecule has 0 aliphatic carbocycles. The van der Waals surface area contributed by atoms with Crippen molar-refractivity contribution in [1.82, 2.24) is 9.47 Å². The van der Waals surface area contributed by atoms with E-state index < -0.39 is 34.6 Å². The average molecular weight is 529 g/mol. The van der Waals surface area contributed by atoms with Crippen LogP contribution in [0.25, 0.3) is 10.9 Å². The molecule has 1 spiro atoms.